The van der Waals surface area contributed by atoms with Crippen molar-refractivity contribution in [2.24, 2.45) is 0 Å². The SMILES string of the molecule is CCN(CC(=O)O)C(=O)c1c[nH]c2ccccc2c1=O. The molecule has 0 aliphatic rings. The van der Waals surface area contributed by atoms with Crippen LogP contribution in [0.25, 0.3) is 10.9 Å². The van der Waals surface area contributed by atoms with E-state index in [9.17, 15) is 14.4 Å². The number of nitrogens with one attached hydrogen (secondary N) is 1. The molecular weight excluding hydrogens is 260 g/mol. The van der Waals surface area contributed by atoms with Crippen molar-refractivity contribution in [2.45, 2.75) is 6.92 Å². The number of carbonyl (C=O) groups is 2. The number of fused-ring (bicyclic) bond motifs is 1. The summed E-state index contributed by atoms with van der Waals surface area (Å²) >= 11 is 0. The molecule has 6 heteroatoms. The summed E-state index contributed by atoms with van der Waals surface area (Å²) in [6.45, 7) is 1.45. The number of pyridine rings is 1. The molecule has 0 saturated carbocycles. The van der Waals surface area contributed by atoms with Gasteiger partial charge < -0.3 is 15.0 Å². The molecule has 0 bridgehead atoms. The lowest BCUT2D eigenvalue weighted by Gasteiger charge is -2.18. The van der Waals surface area contributed by atoms with Crippen LogP contribution in [-0.4, -0.2) is 40.0 Å². The summed E-state index contributed by atoms with van der Waals surface area (Å²) < 4.78 is 0. The smallest absolute Gasteiger partial charge is 0.323 e. The first-order chi connectivity index (χ1) is 9.54. The minimum Gasteiger partial charge on any atom is -0.480 e. The van der Waals surface area contributed by atoms with Crippen molar-refractivity contribution < 1.29 is 14.7 Å². The molecule has 2 rings (SSSR count). The number of carboxylic acid groups (broad SMARTS) is 1. The number of para-hydroxylation sites is 1. The van der Waals surface area contributed by atoms with Crippen molar-refractivity contribution in [3.63, 3.8) is 0 Å². The average molecular weight is 274 g/mol. The van der Waals surface area contributed by atoms with Gasteiger partial charge in [-0.3, -0.25) is 14.4 Å². The standard InChI is InChI=1S/C14H14N2O4/c1-2-16(8-12(17)18)14(20)10-7-15-11-6-4-3-5-9(11)13(10)19/h3-7H,2,8H2,1H3,(H,15,19)(H,17,18). The van der Waals surface area contributed by atoms with Crippen LogP contribution < -0.4 is 5.43 Å². The topological polar surface area (TPSA) is 90.5 Å². The number of aromatic nitrogens is 1. The summed E-state index contributed by atoms with van der Waals surface area (Å²) in [7, 11) is 0. The van der Waals surface area contributed by atoms with Crippen LogP contribution in [0.1, 0.15) is 17.3 Å². The summed E-state index contributed by atoms with van der Waals surface area (Å²) in [5.41, 5.74) is 0.190. The van der Waals surface area contributed by atoms with E-state index in [4.69, 9.17) is 5.11 Å². The number of nitrogens with zero attached hydrogens (tertiary/aromatic N) is 1. The fourth-order valence-electron chi connectivity index (χ4n) is 1.99. The highest BCUT2D eigenvalue weighted by Gasteiger charge is 2.20. The zero-order valence-electron chi connectivity index (χ0n) is 10.9. The van der Waals surface area contributed by atoms with E-state index in [1.807, 2.05) is 0 Å². The summed E-state index contributed by atoms with van der Waals surface area (Å²) in [5.74, 6) is -1.70. The van der Waals surface area contributed by atoms with Gasteiger partial charge in [0, 0.05) is 23.6 Å². The van der Waals surface area contributed by atoms with E-state index in [-0.39, 0.29) is 12.1 Å². The van der Waals surface area contributed by atoms with Gasteiger partial charge in [-0.1, -0.05) is 12.1 Å². The number of rotatable bonds is 4. The molecule has 20 heavy (non-hydrogen) atoms. The van der Waals surface area contributed by atoms with Crippen molar-refractivity contribution >= 4 is 22.8 Å². The number of H-pyrrole nitrogens is 1. The van der Waals surface area contributed by atoms with E-state index in [1.165, 1.54) is 6.20 Å². The molecule has 0 fully saturated rings. The van der Waals surface area contributed by atoms with Crippen LogP contribution in [0.3, 0.4) is 0 Å². The van der Waals surface area contributed by atoms with Crippen molar-refractivity contribution in [1.29, 1.82) is 0 Å². The molecule has 1 amide bonds. The van der Waals surface area contributed by atoms with Crippen LogP contribution in [0, 0.1) is 0 Å². The molecule has 0 radical (unpaired) electrons. The second kappa shape index (κ2) is 5.56. The molecule has 0 aliphatic heterocycles. The fraction of sp³-hybridized carbons (Fsp3) is 0.214. The Morgan fingerprint density at radius 2 is 2.00 bits per heavy atom. The van der Waals surface area contributed by atoms with E-state index in [0.717, 1.165) is 4.90 Å². The normalized spacial score (nSPS) is 10.4. The van der Waals surface area contributed by atoms with Crippen LogP contribution in [-0.2, 0) is 4.79 Å². The molecule has 0 atom stereocenters. The number of amides is 1. The Morgan fingerprint density at radius 1 is 1.30 bits per heavy atom. The van der Waals surface area contributed by atoms with Gasteiger partial charge in [-0.25, -0.2) is 0 Å². The quantitative estimate of drug-likeness (QED) is 0.872. The van der Waals surface area contributed by atoms with Crippen LogP contribution in [0.2, 0.25) is 0 Å². The Bertz CT molecular complexity index is 720. The molecule has 1 heterocycles. The summed E-state index contributed by atoms with van der Waals surface area (Å²) in [5, 5.41) is 9.18. The van der Waals surface area contributed by atoms with Crippen molar-refractivity contribution in [3.8, 4) is 0 Å². The molecule has 0 saturated heterocycles. The largest absolute Gasteiger partial charge is 0.480 e. The van der Waals surface area contributed by atoms with Gasteiger partial charge >= 0.3 is 5.97 Å². The highest BCUT2D eigenvalue weighted by atomic mass is 16.4. The summed E-state index contributed by atoms with van der Waals surface area (Å²) in [6.07, 6.45) is 1.33. The predicted molar refractivity (Wildman–Crippen MR) is 73.8 cm³/mol. The van der Waals surface area contributed by atoms with Crippen LogP contribution in [0.5, 0.6) is 0 Å². The molecule has 0 unspecified atom stereocenters. The Kier molecular flexibility index (Phi) is 3.84. The zero-order valence-corrected chi connectivity index (χ0v) is 10.9. The first-order valence-corrected chi connectivity index (χ1v) is 6.16. The van der Waals surface area contributed by atoms with Gasteiger partial charge in [0.15, 0.2) is 0 Å². The first-order valence-electron chi connectivity index (χ1n) is 6.16. The second-order valence-corrected chi connectivity index (χ2v) is 4.29. The van der Waals surface area contributed by atoms with Crippen molar-refractivity contribution in [3.05, 3.63) is 46.2 Å². The Hall–Kier alpha value is -2.63. The van der Waals surface area contributed by atoms with Gasteiger partial charge in [-0.15, -0.1) is 0 Å². The van der Waals surface area contributed by atoms with Crippen molar-refractivity contribution in [2.75, 3.05) is 13.1 Å². The lowest BCUT2D eigenvalue weighted by Crippen LogP contribution is -2.37. The molecule has 0 spiro atoms. The molecule has 0 aliphatic carbocycles. The number of hydrogen-bond acceptors (Lipinski definition) is 3. The zero-order chi connectivity index (χ0) is 14.7. The predicted octanol–water partition coefficient (Wildman–Crippen LogP) is 1.07. The molecular formula is C14H14N2O4. The first kappa shape index (κ1) is 13.8. The van der Waals surface area contributed by atoms with Crippen molar-refractivity contribution in [1.82, 2.24) is 9.88 Å². The van der Waals surface area contributed by atoms with E-state index < -0.39 is 23.9 Å². The molecule has 1 aromatic carbocycles. The highest BCUT2D eigenvalue weighted by molar-refractivity contribution is 5.98. The Morgan fingerprint density at radius 3 is 2.65 bits per heavy atom. The van der Waals surface area contributed by atoms with Crippen LogP contribution in [0.4, 0.5) is 0 Å². The number of carbonyl (C=O) groups excluding carboxylic acids is 1. The van der Waals surface area contributed by atoms with Gasteiger partial charge in [0.2, 0.25) is 5.43 Å². The van der Waals surface area contributed by atoms with Gasteiger partial charge in [-0.05, 0) is 19.1 Å². The van der Waals surface area contributed by atoms with Crippen LogP contribution >= 0.6 is 0 Å². The third-order valence-electron chi connectivity index (χ3n) is 3.01. The number of benzene rings is 1. The number of aromatic amines is 1. The lowest BCUT2D eigenvalue weighted by atomic mass is 10.1. The molecule has 2 aromatic rings. The fourth-order valence-corrected chi connectivity index (χ4v) is 1.99. The lowest BCUT2D eigenvalue weighted by molar-refractivity contribution is -0.137. The number of likely N-dealkylation sites (N-methyl/N-ethyl adjacent to an activating group) is 1. The number of carboxylic acids is 1. The third-order valence-corrected chi connectivity index (χ3v) is 3.01. The minimum atomic E-state index is -1.11. The van der Waals surface area contributed by atoms with Gasteiger partial charge in [0.25, 0.3) is 5.91 Å². The molecule has 104 valence electrons. The molecule has 6 nitrogen and oxygen atoms in total. The number of aliphatic carboxylic acids is 1. The van der Waals surface area contributed by atoms with E-state index >= 15 is 0 Å². The molecule has 2 N–H and O–H groups in total. The summed E-state index contributed by atoms with van der Waals surface area (Å²) in [6, 6.07) is 6.85. The van der Waals surface area contributed by atoms with Crippen LogP contribution in [0.15, 0.2) is 35.3 Å². The maximum absolute atomic E-state index is 12.3. The number of hydrogen-bond donors (Lipinski definition) is 2. The Labute approximate surface area is 114 Å². The molecule has 1 aromatic heterocycles. The summed E-state index contributed by atoms with van der Waals surface area (Å²) in [4.78, 5) is 39.2. The van der Waals surface area contributed by atoms with Gasteiger partial charge in [0.05, 0.1) is 0 Å². The van der Waals surface area contributed by atoms with Gasteiger partial charge in [-0.2, -0.15) is 0 Å². The minimum absolute atomic E-state index is 0.0493. The maximum Gasteiger partial charge on any atom is 0.323 e. The second-order valence-electron chi connectivity index (χ2n) is 4.29. The average Bonchev–Trinajstić information content (AvgIpc) is 2.44. The van der Waals surface area contributed by atoms with Gasteiger partial charge in [0.1, 0.15) is 12.1 Å². The highest BCUT2D eigenvalue weighted by Crippen LogP contribution is 2.08. The Balaban J connectivity index is 2.47. The maximum atomic E-state index is 12.3. The van der Waals surface area contributed by atoms with E-state index in [2.05, 4.69) is 4.98 Å². The van der Waals surface area contributed by atoms with E-state index in [0.29, 0.717) is 10.9 Å². The monoisotopic (exact) mass is 274 g/mol. The third kappa shape index (κ3) is 2.54. The van der Waals surface area contributed by atoms with E-state index in [1.54, 1.807) is 31.2 Å².